The van der Waals surface area contributed by atoms with E-state index >= 15 is 0 Å². The molecule has 3 aromatic rings. The monoisotopic (exact) mass is 511 g/mol. The van der Waals surface area contributed by atoms with Crippen LogP contribution in [0.25, 0.3) is 11.0 Å². The molecular weight excluding hydrogens is 486 g/mol. The Morgan fingerprint density at radius 2 is 2.14 bits per heavy atom. The number of methoxy groups -OCH3 is 1. The number of aliphatic hydroxyl groups is 2. The van der Waals surface area contributed by atoms with Gasteiger partial charge < -0.3 is 30.3 Å². The fourth-order valence-electron chi connectivity index (χ4n) is 4.17. The van der Waals surface area contributed by atoms with E-state index in [1.807, 2.05) is 12.1 Å². The zero-order chi connectivity index (χ0) is 25.2. The van der Waals surface area contributed by atoms with E-state index in [1.54, 1.807) is 30.5 Å². The number of carbonyl (C=O) groups is 2. The molecule has 0 spiro atoms. The second-order valence-corrected chi connectivity index (χ2v) is 9.44. The molecule has 36 heavy (non-hydrogen) atoms. The number of carbonyl (C=O) groups excluding carboxylic acids is 2. The lowest BCUT2D eigenvalue weighted by Crippen LogP contribution is -2.37. The van der Waals surface area contributed by atoms with E-state index in [9.17, 15) is 19.8 Å². The Balaban J connectivity index is 1.18. The van der Waals surface area contributed by atoms with Gasteiger partial charge in [-0.1, -0.05) is 0 Å². The van der Waals surface area contributed by atoms with E-state index in [0.717, 1.165) is 4.90 Å². The van der Waals surface area contributed by atoms with E-state index in [1.165, 1.54) is 23.8 Å². The van der Waals surface area contributed by atoms with Gasteiger partial charge in [0.15, 0.2) is 0 Å². The number of rotatable bonds is 8. The quantitative estimate of drug-likeness (QED) is 0.352. The Labute approximate surface area is 210 Å². The summed E-state index contributed by atoms with van der Waals surface area (Å²) in [5, 5.41) is 27.2. The Hall–Kier alpha value is -3.45. The minimum atomic E-state index is -1.21. The normalized spacial score (nSPS) is 19.0. The van der Waals surface area contributed by atoms with Crippen LogP contribution in [0.3, 0.4) is 0 Å². The number of nitrogens with one attached hydrogen (secondary N) is 2. The van der Waals surface area contributed by atoms with Crippen LogP contribution in [-0.2, 0) is 9.53 Å². The summed E-state index contributed by atoms with van der Waals surface area (Å²) in [4.78, 5) is 35.2. The average molecular weight is 512 g/mol. The maximum absolute atomic E-state index is 12.5. The van der Waals surface area contributed by atoms with Crippen molar-refractivity contribution >= 4 is 46.2 Å². The van der Waals surface area contributed by atoms with E-state index < -0.39 is 24.4 Å². The number of aliphatic hydroxyl groups excluding tert-OH is 2. The fourth-order valence-corrected chi connectivity index (χ4v) is 4.96. The molecule has 1 saturated heterocycles. The first kappa shape index (κ1) is 24.3. The van der Waals surface area contributed by atoms with Gasteiger partial charge in [-0.05, 0) is 30.3 Å². The summed E-state index contributed by atoms with van der Waals surface area (Å²) in [5.41, 5.74) is 2.77. The van der Waals surface area contributed by atoms with Gasteiger partial charge in [-0.25, -0.2) is 9.78 Å². The van der Waals surface area contributed by atoms with Crippen LogP contribution in [0.2, 0.25) is 0 Å². The lowest BCUT2D eigenvalue weighted by Gasteiger charge is -2.21. The van der Waals surface area contributed by atoms with Gasteiger partial charge in [0, 0.05) is 41.5 Å². The summed E-state index contributed by atoms with van der Waals surface area (Å²) in [7, 11) is 1.50. The van der Waals surface area contributed by atoms with Gasteiger partial charge in [0.05, 0.1) is 42.2 Å². The average Bonchev–Trinajstić information content (AvgIpc) is 3.27. The van der Waals surface area contributed by atoms with Crippen LogP contribution >= 0.6 is 11.8 Å². The van der Waals surface area contributed by atoms with Gasteiger partial charge in [-0.15, -0.1) is 11.8 Å². The molecule has 0 bridgehead atoms. The van der Waals surface area contributed by atoms with Gasteiger partial charge in [-0.2, -0.15) is 0 Å². The molecule has 4 N–H and O–H groups in total. The fraction of sp³-hybridized carbons (Fsp3) is 0.333. The molecule has 0 radical (unpaired) electrons. The summed E-state index contributed by atoms with van der Waals surface area (Å²) < 4.78 is 10.6. The first-order chi connectivity index (χ1) is 17.4. The van der Waals surface area contributed by atoms with Gasteiger partial charge >= 0.3 is 6.09 Å². The second kappa shape index (κ2) is 10.3. The highest BCUT2D eigenvalue weighted by atomic mass is 32.2. The number of hydrogen-bond acceptors (Lipinski definition) is 10. The zero-order valence-electron chi connectivity index (χ0n) is 19.4. The number of ether oxygens (including phenoxy) is 2. The van der Waals surface area contributed by atoms with Gasteiger partial charge in [0.2, 0.25) is 11.8 Å². The first-order valence-electron chi connectivity index (χ1n) is 11.3. The predicted octanol–water partition coefficient (Wildman–Crippen LogP) is 1.69. The number of fused-ring (bicyclic) bond motifs is 2. The molecule has 0 aliphatic carbocycles. The molecule has 2 aromatic heterocycles. The number of anilines is 2. The summed E-state index contributed by atoms with van der Waals surface area (Å²) >= 11 is 1.45. The number of thioether (sulfide) groups is 1. The highest BCUT2D eigenvalue weighted by molar-refractivity contribution is 8.00. The Bertz CT molecular complexity index is 1310. The minimum absolute atomic E-state index is 0.0606. The van der Waals surface area contributed by atoms with Crippen molar-refractivity contribution in [2.75, 3.05) is 42.7 Å². The number of hydrogen-bond donors (Lipinski definition) is 4. The second-order valence-electron chi connectivity index (χ2n) is 8.43. The molecule has 1 aromatic carbocycles. The lowest BCUT2D eigenvalue weighted by molar-refractivity contribution is -0.113. The van der Waals surface area contributed by atoms with Crippen molar-refractivity contribution in [3.63, 3.8) is 0 Å². The number of benzene rings is 1. The van der Waals surface area contributed by atoms with Crippen molar-refractivity contribution in [1.82, 2.24) is 15.3 Å². The Morgan fingerprint density at radius 1 is 1.28 bits per heavy atom. The van der Waals surface area contributed by atoms with Crippen LogP contribution in [0.4, 0.5) is 16.2 Å². The third-order valence-electron chi connectivity index (χ3n) is 5.99. The van der Waals surface area contributed by atoms with Crippen molar-refractivity contribution in [3.05, 3.63) is 48.2 Å². The molecule has 4 heterocycles. The van der Waals surface area contributed by atoms with Crippen LogP contribution in [0.1, 0.15) is 11.7 Å². The maximum Gasteiger partial charge on any atom is 0.414 e. The Kier molecular flexibility index (Phi) is 6.92. The molecule has 3 atom stereocenters. The minimum Gasteiger partial charge on any atom is -0.481 e. The molecule has 5 rings (SSSR count). The highest BCUT2D eigenvalue weighted by Crippen LogP contribution is 2.35. The van der Waals surface area contributed by atoms with E-state index in [0.29, 0.717) is 46.1 Å². The largest absolute Gasteiger partial charge is 0.481 e. The maximum atomic E-state index is 12.5. The third-order valence-corrected chi connectivity index (χ3v) is 7.06. The summed E-state index contributed by atoms with van der Waals surface area (Å²) in [6.07, 6.45) is -1.74. The third kappa shape index (κ3) is 4.93. The molecule has 2 aliphatic heterocycles. The van der Waals surface area contributed by atoms with Crippen LogP contribution in [0, 0.1) is 0 Å². The molecule has 2 aliphatic rings. The van der Waals surface area contributed by atoms with Crippen molar-refractivity contribution in [2.45, 2.75) is 23.2 Å². The molecule has 12 heteroatoms. The molecule has 0 unspecified atom stereocenters. The molecule has 188 valence electrons. The number of pyridine rings is 2. The van der Waals surface area contributed by atoms with E-state index in [4.69, 9.17) is 9.47 Å². The number of nitrogens with zero attached hydrogens (tertiary/aromatic N) is 3. The number of aromatic nitrogens is 2. The number of amides is 2. The van der Waals surface area contributed by atoms with Crippen LogP contribution in [0.15, 0.2) is 47.5 Å². The van der Waals surface area contributed by atoms with Gasteiger partial charge in [0.1, 0.15) is 12.2 Å². The lowest BCUT2D eigenvalue weighted by atomic mass is 10.0. The van der Waals surface area contributed by atoms with Crippen molar-refractivity contribution < 1.29 is 29.3 Å². The van der Waals surface area contributed by atoms with E-state index in [-0.39, 0.29) is 19.0 Å². The smallest absolute Gasteiger partial charge is 0.414 e. The summed E-state index contributed by atoms with van der Waals surface area (Å²) in [5.74, 6) is 0.671. The van der Waals surface area contributed by atoms with Crippen molar-refractivity contribution in [1.29, 1.82) is 0 Å². The van der Waals surface area contributed by atoms with Gasteiger partial charge in [-0.3, -0.25) is 14.7 Å². The van der Waals surface area contributed by atoms with Gasteiger partial charge in [0.25, 0.3) is 0 Å². The van der Waals surface area contributed by atoms with Crippen molar-refractivity contribution in [2.24, 2.45) is 0 Å². The van der Waals surface area contributed by atoms with Crippen LogP contribution < -0.4 is 20.3 Å². The number of cyclic esters (lactones) is 1. The topological polar surface area (TPSA) is 146 Å². The standard InChI is InChI=1S/C24H25N5O6S/c1-34-21-5-3-16-22(28-21)15(6-7-26-16)23(32)18(30)10-25-9-14-11-29(24(33)35-14)13-2-4-19-17(8-13)27-20(31)12-36-19/h2-8,14,18,23,25,30,32H,9-12H2,1H3,(H,27,31)/t14-,18+,23+/m1/s1. The zero-order valence-corrected chi connectivity index (χ0v) is 20.2. The SMILES string of the molecule is COc1ccc2nccc([C@H](O)[C@@H](O)CNC[C@@H]3CN(c4ccc5c(c4)NC(=O)CS5)C(=O)O3)c2n1. The van der Waals surface area contributed by atoms with Crippen LogP contribution in [-0.4, -0.2) is 76.9 Å². The van der Waals surface area contributed by atoms with Crippen LogP contribution in [0.5, 0.6) is 5.88 Å². The highest BCUT2D eigenvalue weighted by Gasteiger charge is 2.33. The molecule has 0 saturated carbocycles. The summed E-state index contributed by atoms with van der Waals surface area (Å²) in [6.45, 7) is 0.654. The summed E-state index contributed by atoms with van der Waals surface area (Å²) in [6, 6.07) is 10.5. The molecule has 2 amide bonds. The molecular formula is C24H25N5O6S. The molecule has 11 nitrogen and oxygen atoms in total. The first-order valence-corrected chi connectivity index (χ1v) is 12.3. The Morgan fingerprint density at radius 3 is 2.97 bits per heavy atom. The predicted molar refractivity (Wildman–Crippen MR) is 133 cm³/mol. The van der Waals surface area contributed by atoms with E-state index in [2.05, 4.69) is 20.6 Å². The van der Waals surface area contributed by atoms with Crippen molar-refractivity contribution in [3.8, 4) is 5.88 Å². The molecule has 1 fully saturated rings.